The summed E-state index contributed by atoms with van der Waals surface area (Å²) in [5, 5.41) is 18.7. The van der Waals surface area contributed by atoms with Gasteiger partial charge in [-0.15, -0.1) is 0 Å². The van der Waals surface area contributed by atoms with Crippen molar-refractivity contribution in [2.45, 2.75) is 0 Å². The molecule has 33 heavy (non-hydrogen) atoms. The van der Waals surface area contributed by atoms with E-state index in [1.165, 1.54) is 64.6 Å². The molecule has 3 heteroatoms. The first kappa shape index (κ1) is 18.6. The summed E-state index contributed by atoms with van der Waals surface area (Å²) in [4.78, 5) is 0. The largest absolute Gasteiger partial charge is 0.0820 e. The fourth-order valence-corrected chi connectivity index (χ4v) is 6.87. The van der Waals surface area contributed by atoms with Crippen LogP contribution in [0.4, 0.5) is 0 Å². The molecule has 0 nitrogen and oxygen atoms in total. The van der Waals surface area contributed by atoms with E-state index in [-0.39, 0.29) is 0 Å². The van der Waals surface area contributed by atoms with E-state index < -0.39 is 0 Å². The maximum Gasteiger partial charge on any atom is 0.0740 e. The number of halogens is 3. The van der Waals surface area contributed by atoms with Crippen LogP contribution < -0.4 is 0 Å². The zero-order chi connectivity index (χ0) is 22.0. The number of benzene rings is 8. The third-order valence-electron chi connectivity index (χ3n) is 7.28. The van der Waals surface area contributed by atoms with Crippen LogP contribution in [0.3, 0.4) is 0 Å². The standard InChI is InChI=1S/C30H13BrCl2/c31-24-13-20-22-11-18-7-5-15-9-14-3-1-2-4-19(14)21-10-17-8-6-16(12-23(20)29(32)30(24)33)26(22)28(17)27(18)25(15)21/h1-13H. The van der Waals surface area contributed by atoms with Gasteiger partial charge in [-0.2, -0.15) is 0 Å². The molecule has 0 aliphatic carbocycles. The van der Waals surface area contributed by atoms with Crippen LogP contribution in [0.25, 0.3) is 75.4 Å². The molecule has 0 aromatic heterocycles. The fraction of sp³-hybridized carbons (Fsp3) is 0. The first-order valence-electron chi connectivity index (χ1n) is 10.9. The third kappa shape index (κ3) is 2.23. The molecule has 0 fully saturated rings. The highest BCUT2D eigenvalue weighted by molar-refractivity contribution is 9.10. The monoisotopic (exact) mass is 522 g/mol. The van der Waals surface area contributed by atoms with Crippen LogP contribution in [0.5, 0.6) is 0 Å². The summed E-state index contributed by atoms with van der Waals surface area (Å²) in [7, 11) is 0. The van der Waals surface area contributed by atoms with Gasteiger partial charge in [-0.05, 0) is 116 Å². The molecule has 0 atom stereocenters. The summed E-state index contributed by atoms with van der Waals surface area (Å²) in [5.74, 6) is 0. The molecule has 8 rings (SSSR count). The zero-order valence-corrected chi connectivity index (χ0v) is 20.2. The molecule has 0 amide bonds. The summed E-state index contributed by atoms with van der Waals surface area (Å²) in [6, 6.07) is 29.0. The Morgan fingerprint density at radius 1 is 0.424 bits per heavy atom. The van der Waals surface area contributed by atoms with Gasteiger partial charge in [-0.25, -0.2) is 0 Å². The minimum Gasteiger partial charge on any atom is -0.0820 e. The smallest absolute Gasteiger partial charge is 0.0740 e. The van der Waals surface area contributed by atoms with Gasteiger partial charge >= 0.3 is 0 Å². The Morgan fingerprint density at radius 2 is 0.970 bits per heavy atom. The molecule has 0 aliphatic heterocycles. The van der Waals surface area contributed by atoms with Gasteiger partial charge in [0.05, 0.1) is 10.0 Å². The van der Waals surface area contributed by atoms with Crippen molar-refractivity contribution in [2.75, 3.05) is 0 Å². The number of fused-ring (bicyclic) bond motifs is 4. The minimum atomic E-state index is 0.556. The molecule has 154 valence electrons. The summed E-state index contributed by atoms with van der Waals surface area (Å²) in [6.45, 7) is 0. The van der Waals surface area contributed by atoms with E-state index in [9.17, 15) is 0 Å². The van der Waals surface area contributed by atoms with Gasteiger partial charge in [0, 0.05) is 9.86 Å². The molecule has 0 N–H and O–H groups in total. The normalized spacial score (nSPS) is 12.7. The lowest BCUT2D eigenvalue weighted by Crippen LogP contribution is -1.91. The van der Waals surface area contributed by atoms with Gasteiger partial charge in [0.1, 0.15) is 0 Å². The summed E-state index contributed by atoms with van der Waals surface area (Å²) in [5.41, 5.74) is 0. The maximum atomic E-state index is 6.71. The van der Waals surface area contributed by atoms with Crippen molar-refractivity contribution in [3.8, 4) is 0 Å². The van der Waals surface area contributed by atoms with Crippen LogP contribution in [0, 0.1) is 0 Å². The average Bonchev–Trinajstić information content (AvgIpc) is 2.84. The van der Waals surface area contributed by atoms with Crippen molar-refractivity contribution in [1.29, 1.82) is 0 Å². The van der Waals surface area contributed by atoms with E-state index in [1.807, 2.05) is 0 Å². The predicted octanol–water partition coefficient (Wildman–Crippen LogP) is 10.7. The van der Waals surface area contributed by atoms with Crippen LogP contribution >= 0.6 is 39.1 Å². The van der Waals surface area contributed by atoms with Crippen molar-refractivity contribution in [3.63, 3.8) is 0 Å². The fourth-order valence-electron chi connectivity index (χ4n) is 5.91. The van der Waals surface area contributed by atoms with Crippen molar-refractivity contribution in [1.82, 2.24) is 0 Å². The average molecular weight is 524 g/mol. The molecule has 8 aromatic carbocycles. The minimum absolute atomic E-state index is 0.556. The van der Waals surface area contributed by atoms with Crippen molar-refractivity contribution in [3.05, 3.63) is 93.4 Å². The zero-order valence-electron chi connectivity index (χ0n) is 17.1. The van der Waals surface area contributed by atoms with Crippen LogP contribution in [-0.2, 0) is 0 Å². The highest BCUT2D eigenvalue weighted by atomic mass is 79.9. The van der Waals surface area contributed by atoms with Gasteiger partial charge in [0.2, 0.25) is 0 Å². The Balaban J connectivity index is 1.73. The molecule has 0 saturated heterocycles. The van der Waals surface area contributed by atoms with Crippen molar-refractivity contribution in [2.24, 2.45) is 0 Å². The lowest BCUT2D eigenvalue weighted by molar-refractivity contribution is 1.73. The molecule has 0 bridgehead atoms. The Labute approximate surface area is 207 Å². The third-order valence-corrected chi connectivity index (χ3v) is 9.02. The van der Waals surface area contributed by atoms with Gasteiger partial charge < -0.3 is 0 Å². The molecule has 8 aromatic rings. The molecule has 0 unspecified atom stereocenters. The summed E-state index contributed by atoms with van der Waals surface area (Å²) in [6.07, 6.45) is 0. The molecule has 0 heterocycles. The second-order valence-electron chi connectivity index (χ2n) is 8.93. The van der Waals surface area contributed by atoms with Crippen LogP contribution in [0.2, 0.25) is 10.0 Å². The van der Waals surface area contributed by atoms with E-state index in [0.29, 0.717) is 10.0 Å². The van der Waals surface area contributed by atoms with Crippen LogP contribution in [0.1, 0.15) is 0 Å². The second kappa shape index (κ2) is 6.18. The summed E-state index contributed by atoms with van der Waals surface area (Å²) < 4.78 is 0.820. The highest BCUT2D eigenvalue weighted by Crippen LogP contribution is 2.48. The topological polar surface area (TPSA) is 0 Å². The maximum absolute atomic E-state index is 6.71. The van der Waals surface area contributed by atoms with Gasteiger partial charge in [0.25, 0.3) is 0 Å². The molecular formula is C30H13BrCl2. The molecule has 0 aliphatic rings. The molecule has 0 spiro atoms. The lowest BCUT2D eigenvalue weighted by atomic mass is 9.84. The summed E-state index contributed by atoms with van der Waals surface area (Å²) >= 11 is 16.8. The Hall–Kier alpha value is -2.84. The molecular weight excluding hydrogens is 511 g/mol. The van der Waals surface area contributed by atoms with Crippen molar-refractivity contribution < 1.29 is 0 Å². The molecule has 0 radical (unpaired) electrons. The van der Waals surface area contributed by atoms with E-state index in [1.54, 1.807) is 0 Å². The van der Waals surface area contributed by atoms with Gasteiger partial charge in [-0.3, -0.25) is 0 Å². The highest BCUT2D eigenvalue weighted by Gasteiger charge is 2.20. The van der Waals surface area contributed by atoms with E-state index >= 15 is 0 Å². The van der Waals surface area contributed by atoms with E-state index in [4.69, 9.17) is 23.2 Å². The molecule has 0 saturated carbocycles. The van der Waals surface area contributed by atoms with Crippen LogP contribution in [0.15, 0.2) is 83.3 Å². The van der Waals surface area contributed by atoms with E-state index in [0.717, 1.165) is 15.2 Å². The van der Waals surface area contributed by atoms with Crippen LogP contribution in [-0.4, -0.2) is 0 Å². The SMILES string of the molecule is Clc1c(Br)cc2c(cc3ccc4cc5c6ccccc6cc6ccc7cc2c3c4c7c65)c1Cl. The van der Waals surface area contributed by atoms with Crippen molar-refractivity contribution >= 4 is 115 Å². The number of rotatable bonds is 0. The first-order chi connectivity index (χ1) is 16.1. The Kier molecular flexibility index (Phi) is 3.48. The quantitative estimate of drug-likeness (QED) is 0.105. The second-order valence-corrected chi connectivity index (χ2v) is 10.5. The number of hydrogen-bond donors (Lipinski definition) is 0. The first-order valence-corrected chi connectivity index (χ1v) is 12.4. The predicted molar refractivity (Wildman–Crippen MR) is 149 cm³/mol. The Morgan fingerprint density at radius 3 is 1.67 bits per heavy atom. The lowest BCUT2D eigenvalue weighted by Gasteiger charge is -2.19. The Bertz CT molecular complexity index is 2110. The van der Waals surface area contributed by atoms with Gasteiger partial charge in [0.15, 0.2) is 0 Å². The van der Waals surface area contributed by atoms with Gasteiger partial charge in [-0.1, -0.05) is 71.7 Å². The van der Waals surface area contributed by atoms with E-state index in [2.05, 4.69) is 94.8 Å². The number of hydrogen-bond acceptors (Lipinski definition) is 0.